The van der Waals surface area contributed by atoms with Gasteiger partial charge < -0.3 is 5.11 Å². The quantitative estimate of drug-likeness (QED) is 0.606. The minimum Gasteiger partial charge on any atom is -0.392 e. The van der Waals surface area contributed by atoms with E-state index in [1.165, 1.54) is 37.7 Å². The van der Waals surface area contributed by atoms with Crippen LogP contribution in [-0.4, -0.2) is 11.7 Å². The van der Waals surface area contributed by atoms with Crippen molar-refractivity contribution in [3.8, 4) is 0 Å². The molecule has 0 spiro atoms. The Morgan fingerprint density at radius 2 is 2.00 bits per heavy atom. The second-order valence-corrected chi connectivity index (χ2v) is 3.36. The number of hydrogen-bond acceptors (Lipinski definition) is 1. The SMILES string of the molecule is CC=C(CO)C1CCCCC1. The summed E-state index contributed by atoms with van der Waals surface area (Å²) in [6, 6.07) is 0. The van der Waals surface area contributed by atoms with Crippen LogP contribution in [0.25, 0.3) is 0 Å². The maximum absolute atomic E-state index is 9.01. The predicted octanol–water partition coefficient (Wildman–Crippen LogP) is 2.51. The highest BCUT2D eigenvalue weighted by Gasteiger charge is 2.15. The third-order valence-electron chi connectivity index (χ3n) is 2.68. The van der Waals surface area contributed by atoms with Gasteiger partial charge in [-0.15, -0.1) is 0 Å². The third-order valence-corrected chi connectivity index (χ3v) is 2.68. The lowest BCUT2D eigenvalue weighted by atomic mass is 9.84. The van der Waals surface area contributed by atoms with Crippen LogP contribution in [-0.2, 0) is 0 Å². The van der Waals surface area contributed by atoms with Crippen LogP contribution >= 0.6 is 0 Å². The summed E-state index contributed by atoms with van der Waals surface area (Å²) in [4.78, 5) is 0. The Labute approximate surface area is 69.1 Å². The Kier molecular flexibility index (Phi) is 3.64. The van der Waals surface area contributed by atoms with E-state index in [0.717, 1.165) is 0 Å². The molecule has 1 N–H and O–H groups in total. The van der Waals surface area contributed by atoms with Gasteiger partial charge in [-0.2, -0.15) is 0 Å². The summed E-state index contributed by atoms with van der Waals surface area (Å²) in [7, 11) is 0. The number of allylic oxidation sites excluding steroid dienone is 1. The smallest absolute Gasteiger partial charge is 0.0644 e. The molecule has 0 bridgehead atoms. The van der Waals surface area contributed by atoms with E-state index in [1.807, 2.05) is 6.92 Å². The first-order valence-corrected chi connectivity index (χ1v) is 4.64. The highest BCUT2D eigenvalue weighted by Crippen LogP contribution is 2.29. The Hall–Kier alpha value is -0.300. The normalized spacial score (nSPS) is 22.2. The number of rotatable bonds is 2. The minimum absolute atomic E-state index is 0.265. The molecule has 0 heterocycles. The van der Waals surface area contributed by atoms with Gasteiger partial charge in [0, 0.05) is 0 Å². The highest BCUT2D eigenvalue weighted by molar-refractivity contribution is 5.06. The van der Waals surface area contributed by atoms with Gasteiger partial charge in [0.1, 0.15) is 0 Å². The van der Waals surface area contributed by atoms with E-state index >= 15 is 0 Å². The van der Waals surface area contributed by atoms with Crippen molar-refractivity contribution >= 4 is 0 Å². The first-order valence-electron chi connectivity index (χ1n) is 4.64. The molecule has 1 nitrogen and oxygen atoms in total. The first-order chi connectivity index (χ1) is 5.38. The van der Waals surface area contributed by atoms with Crippen LogP contribution in [0.2, 0.25) is 0 Å². The van der Waals surface area contributed by atoms with Gasteiger partial charge in [-0.05, 0) is 31.3 Å². The third kappa shape index (κ3) is 2.33. The van der Waals surface area contributed by atoms with Crippen molar-refractivity contribution in [3.63, 3.8) is 0 Å². The summed E-state index contributed by atoms with van der Waals surface area (Å²) >= 11 is 0. The summed E-state index contributed by atoms with van der Waals surface area (Å²) < 4.78 is 0. The van der Waals surface area contributed by atoms with Gasteiger partial charge in [0.2, 0.25) is 0 Å². The van der Waals surface area contributed by atoms with Crippen molar-refractivity contribution in [2.75, 3.05) is 6.61 Å². The second kappa shape index (κ2) is 4.55. The van der Waals surface area contributed by atoms with Gasteiger partial charge in [-0.3, -0.25) is 0 Å². The molecule has 0 saturated heterocycles. The summed E-state index contributed by atoms with van der Waals surface area (Å²) in [5.41, 5.74) is 1.25. The van der Waals surface area contributed by atoms with Gasteiger partial charge in [0.25, 0.3) is 0 Å². The minimum atomic E-state index is 0.265. The average Bonchev–Trinajstić information content (AvgIpc) is 2.09. The van der Waals surface area contributed by atoms with Crippen molar-refractivity contribution in [1.29, 1.82) is 0 Å². The first kappa shape index (κ1) is 8.79. The summed E-state index contributed by atoms with van der Waals surface area (Å²) in [6.45, 7) is 2.29. The van der Waals surface area contributed by atoms with E-state index in [1.54, 1.807) is 0 Å². The summed E-state index contributed by atoms with van der Waals surface area (Å²) in [5.74, 6) is 0.693. The molecule has 0 aliphatic heterocycles. The zero-order chi connectivity index (χ0) is 8.10. The molecule has 1 saturated carbocycles. The van der Waals surface area contributed by atoms with Gasteiger partial charge in [0.05, 0.1) is 6.61 Å². The largest absolute Gasteiger partial charge is 0.392 e. The Balaban J connectivity index is 2.43. The van der Waals surface area contributed by atoms with Gasteiger partial charge in [-0.1, -0.05) is 25.3 Å². The fourth-order valence-corrected chi connectivity index (χ4v) is 1.93. The maximum atomic E-state index is 9.01. The molecule has 1 aliphatic carbocycles. The zero-order valence-corrected chi connectivity index (χ0v) is 7.34. The number of hydrogen-bond donors (Lipinski definition) is 1. The molecule has 11 heavy (non-hydrogen) atoms. The summed E-state index contributed by atoms with van der Waals surface area (Å²) in [6.07, 6.45) is 8.75. The molecule has 64 valence electrons. The van der Waals surface area contributed by atoms with E-state index in [-0.39, 0.29) is 6.61 Å². The van der Waals surface area contributed by atoms with Crippen LogP contribution in [0.5, 0.6) is 0 Å². The molecule has 1 aliphatic rings. The van der Waals surface area contributed by atoms with Crippen molar-refractivity contribution < 1.29 is 5.11 Å². The molecular formula is C10H18O. The van der Waals surface area contributed by atoms with E-state index in [2.05, 4.69) is 6.08 Å². The zero-order valence-electron chi connectivity index (χ0n) is 7.34. The molecular weight excluding hydrogens is 136 g/mol. The standard InChI is InChI=1S/C10H18O/c1-2-9(8-11)10-6-4-3-5-7-10/h2,10-11H,3-8H2,1H3. The molecule has 0 radical (unpaired) electrons. The lowest BCUT2D eigenvalue weighted by molar-refractivity contribution is 0.293. The topological polar surface area (TPSA) is 20.2 Å². The van der Waals surface area contributed by atoms with E-state index in [0.29, 0.717) is 5.92 Å². The molecule has 1 rings (SSSR count). The molecule has 0 aromatic heterocycles. The molecule has 1 heteroatoms. The fraction of sp³-hybridized carbons (Fsp3) is 0.800. The van der Waals surface area contributed by atoms with Crippen LogP contribution in [0.4, 0.5) is 0 Å². The van der Waals surface area contributed by atoms with Gasteiger partial charge in [-0.25, -0.2) is 0 Å². The molecule has 0 aromatic carbocycles. The van der Waals surface area contributed by atoms with Crippen molar-refractivity contribution in [1.82, 2.24) is 0 Å². The monoisotopic (exact) mass is 154 g/mol. The van der Waals surface area contributed by atoms with Crippen molar-refractivity contribution in [2.24, 2.45) is 5.92 Å². The van der Waals surface area contributed by atoms with Crippen LogP contribution in [0.3, 0.4) is 0 Å². The van der Waals surface area contributed by atoms with Crippen molar-refractivity contribution in [2.45, 2.75) is 39.0 Å². The molecule has 0 atom stereocenters. The maximum Gasteiger partial charge on any atom is 0.0644 e. The Bertz CT molecular complexity index is 132. The molecule has 0 amide bonds. The van der Waals surface area contributed by atoms with E-state index in [4.69, 9.17) is 5.11 Å². The highest BCUT2D eigenvalue weighted by atomic mass is 16.3. The lowest BCUT2D eigenvalue weighted by Gasteiger charge is -2.23. The number of aliphatic hydroxyl groups is 1. The summed E-state index contributed by atoms with van der Waals surface area (Å²) in [5, 5.41) is 9.01. The van der Waals surface area contributed by atoms with E-state index < -0.39 is 0 Å². The van der Waals surface area contributed by atoms with Crippen molar-refractivity contribution in [3.05, 3.63) is 11.6 Å². The molecule has 0 unspecified atom stereocenters. The van der Waals surface area contributed by atoms with Crippen LogP contribution in [0, 0.1) is 5.92 Å². The van der Waals surface area contributed by atoms with Crippen LogP contribution in [0.15, 0.2) is 11.6 Å². The van der Waals surface area contributed by atoms with Crippen LogP contribution < -0.4 is 0 Å². The van der Waals surface area contributed by atoms with Crippen LogP contribution in [0.1, 0.15) is 39.0 Å². The fourth-order valence-electron chi connectivity index (χ4n) is 1.93. The lowest BCUT2D eigenvalue weighted by Crippen LogP contribution is -2.11. The molecule has 1 fully saturated rings. The Morgan fingerprint density at radius 3 is 2.45 bits per heavy atom. The van der Waals surface area contributed by atoms with Gasteiger partial charge in [0.15, 0.2) is 0 Å². The second-order valence-electron chi connectivity index (χ2n) is 3.36. The van der Waals surface area contributed by atoms with Gasteiger partial charge >= 0.3 is 0 Å². The Morgan fingerprint density at radius 1 is 1.36 bits per heavy atom. The predicted molar refractivity (Wildman–Crippen MR) is 47.4 cm³/mol. The molecule has 0 aromatic rings. The van der Waals surface area contributed by atoms with E-state index in [9.17, 15) is 0 Å². The number of aliphatic hydroxyl groups excluding tert-OH is 1. The average molecular weight is 154 g/mol.